The average molecular weight is 263 g/mol. The number of benzene rings is 1. The predicted molar refractivity (Wildman–Crippen MR) is 72.7 cm³/mol. The molecule has 2 rings (SSSR count). The molecule has 19 heavy (non-hydrogen) atoms. The zero-order valence-electron chi connectivity index (χ0n) is 11.3. The number of phenolic OH excluding ortho intramolecular Hbond substituents is 1. The summed E-state index contributed by atoms with van der Waals surface area (Å²) in [5.41, 5.74) is 0.911. The van der Waals surface area contributed by atoms with Crippen LogP contribution in [-0.2, 0) is 16.1 Å². The van der Waals surface area contributed by atoms with Crippen molar-refractivity contribution in [1.82, 2.24) is 5.32 Å². The summed E-state index contributed by atoms with van der Waals surface area (Å²) < 4.78 is 5.47. The minimum Gasteiger partial charge on any atom is -0.508 e. The van der Waals surface area contributed by atoms with E-state index in [9.17, 15) is 9.90 Å². The molecule has 0 bridgehead atoms. The molecule has 1 saturated carbocycles. The third-order valence-corrected chi connectivity index (χ3v) is 3.47. The van der Waals surface area contributed by atoms with Crippen LogP contribution in [0.4, 0.5) is 0 Å². The molecule has 0 aliphatic heterocycles. The number of ether oxygens (including phenoxy) is 1. The number of rotatable bonds is 6. The van der Waals surface area contributed by atoms with Gasteiger partial charge in [-0.25, -0.2) is 0 Å². The van der Waals surface area contributed by atoms with Gasteiger partial charge in [-0.1, -0.05) is 12.1 Å². The van der Waals surface area contributed by atoms with Gasteiger partial charge < -0.3 is 15.2 Å². The second kappa shape index (κ2) is 6.57. The Balaban J connectivity index is 1.66. The van der Waals surface area contributed by atoms with Crippen molar-refractivity contribution < 1.29 is 14.6 Å². The predicted octanol–water partition coefficient (Wildman–Crippen LogP) is 2.21. The fourth-order valence-corrected chi connectivity index (χ4v) is 2.41. The van der Waals surface area contributed by atoms with E-state index >= 15 is 0 Å². The first-order valence-electron chi connectivity index (χ1n) is 6.83. The Morgan fingerprint density at radius 3 is 2.95 bits per heavy atom. The lowest BCUT2D eigenvalue weighted by molar-refractivity contribution is -0.124. The van der Waals surface area contributed by atoms with Crippen LogP contribution in [0.3, 0.4) is 0 Å². The molecule has 1 aliphatic rings. The van der Waals surface area contributed by atoms with E-state index in [2.05, 4.69) is 5.32 Å². The highest BCUT2D eigenvalue weighted by atomic mass is 16.5. The molecule has 1 aliphatic carbocycles. The summed E-state index contributed by atoms with van der Waals surface area (Å²) in [4.78, 5) is 11.8. The van der Waals surface area contributed by atoms with Crippen molar-refractivity contribution in [3.8, 4) is 5.75 Å². The Kier molecular flexibility index (Phi) is 4.80. The number of aromatic hydroxyl groups is 1. The van der Waals surface area contributed by atoms with Crippen LogP contribution in [0, 0.1) is 5.92 Å². The Bertz CT molecular complexity index is 427. The Morgan fingerprint density at radius 1 is 1.47 bits per heavy atom. The van der Waals surface area contributed by atoms with Crippen LogP contribution in [0.25, 0.3) is 0 Å². The summed E-state index contributed by atoms with van der Waals surface area (Å²) >= 11 is 0. The molecular weight excluding hydrogens is 242 g/mol. The van der Waals surface area contributed by atoms with Crippen LogP contribution in [0.5, 0.6) is 5.75 Å². The van der Waals surface area contributed by atoms with E-state index in [1.54, 1.807) is 18.2 Å². The Morgan fingerprint density at radius 2 is 2.26 bits per heavy atom. The molecule has 2 N–H and O–H groups in total. The molecule has 0 spiro atoms. The molecule has 0 heterocycles. The molecule has 0 aromatic heterocycles. The first kappa shape index (κ1) is 13.9. The fourth-order valence-electron chi connectivity index (χ4n) is 2.41. The first-order chi connectivity index (χ1) is 9.17. The van der Waals surface area contributed by atoms with Gasteiger partial charge in [0, 0.05) is 19.6 Å². The van der Waals surface area contributed by atoms with Gasteiger partial charge in [-0.15, -0.1) is 0 Å². The highest BCUT2D eigenvalue weighted by Crippen LogP contribution is 2.32. The highest BCUT2D eigenvalue weighted by molar-refractivity contribution is 5.76. The lowest BCUT2D eigenvalue weighted by atomic mass is 9.80. The summed E-state index contributed by atoms with van der Waals surface area (Å²) in [6, 6.07) is 6.94. The van der Waals surface area contributed by atoms with Gasteiger partial charge in [-0.3, -0.25) is 4.79 Å². The van der Waals surface area contributed by atoms with Crippen LogP contribution in [0.1, 0.15) is 31.7 Å². The monoisotopic (exact) mass is 263 g/mol. The molecule has 0 atom stereocenters. The highest BCUT2D eigenvalue weighted by Gasteiger charge is 2.30. The molecule has 1 amide bonds. The maximum atomic E-state index is 11.8. The third-order valence-electron chi connectivity index (χ3n) is 3.47. The molecule has 0 radical (unpaired) electrons. The molecule has 1 aromatic rings. The average Bonchev–Trinajstić information content (AvgIpc) is 2.34. The largest absolute Gasteiger partial charge is 0.508 e. The number of carbonyl (C=O) groups excluding carboxylic acids is 1. The fraction of sp³-hybridized carbons (Fsp3) is 0.533. The maximum Gasteiger partial charge on any atom is 0.220 e. The summed E-state index contributed by atoms with van der Waals surface area (Å²) in [6.07, 6.45) is 2.91. The minimum atomic E-state index is 0.0725. The van der Waals surface area contributed by atoms with Gasteiger partial charge in [0.25, 0.3) is 0 Å². The Labute approximate surface area is 113 Å². The van der Waals surface area contributed by atoms with Crippen LogP contribution in [0.15, 0.2) is 24.3 Å². The van der Waals surface area contributed by atoms with Gasteiger partial charge in [-0.05, 0) is 43.4 Å². The normalized spacial score (nSPS) is 21.7. The third kappa shape index (κ3) is 4.24. The number of phenols is 1. The molecule has 4 nitrogen and oxygen atoms in total. The SMILES string of the molecule is CCOC1CC(CC(=O)NCc2cccc(O)c2)C1. The number of nitrogens with one attached hydrogen (secondary N) is 1. The van der Waals surface area contributed by atoms with E-state index in [0.717, 1.165) is 25.0 Å². The Hall–Kier alpha value is -1.55. The second-order valence-electron chi connectivity index (χ2n) is 5.07. The van der Waals surface area contributed by atoms with Crippen molar-refractivity contribution in [2.75, 3.05) is 6.61 Å². The summed E-state index contributed by atoms with van der Waals surface area (Å²) in [5.74, 6) is 0.759. The molecular formula is C15H21NO3. The molecule has 104 valence electrons. The van der Waals surface area contributed by atoms with Gasteiger partial charge in [0.05, 0.1) is 6.10 Å². The number of amides is 1. The van der Waals surface area contributed by atoms with E-state index in [-0.39, 0.29) is 11.7 Å². The summed E-state index contributed by atoms with van der Waals surface area (Å²) in [5, 5.41) is 12.2. The van der Waals surface area contributed by atoms with E-state index in [0.29, 0.717) is 25.0 Å². The lowest BCUT2D eigenvalue weighted by Crippen LogP contribution is -2.35. The van der Waals surface area contributed by atoms with Crippen molar-refractivity contribution >= 4 is 5.91 Å². The number of hydrogen-bond donors (Lipinski definition) is 2. The summed E-state index contributed by atoms with van der Waals surface area (Å²) in [7, 11) is 0. The van der Waals surface area contributed by atoms with Crippen LogP contribution in [-0.4, -0.2) is 23.7 Å². The first-order valence-corrected chi connectivity index (χ1v) is 6.83. The number of hydrogen-bond acceptors (Lipinski definition) is 3. The van der Waals surface area contributed by atoms with Crippen LogP contribution < -0.4 is 5.32 Å². The zero-order valence-corrected chi connectivity index (χ0v) is 11.3. The quantitative estimate of drug-likeness (QED) is 0.827. The topological polar surface area (TPSA) is 58.6 Å². The van der Waals surface area contributed by atoms with Crippen molar-refractivity contribution in [3.63, 3.8) is 0 Å². The van der Waals surface area contributed by atoms with E-state index in [1.807, 2.05) is 13.0 Å². The maximum absolute atomic E-state index is 11.8. The molecule has 1 aromatic carbocycles. The van der Waals surface area contributed by atoms with Crippen LogP contribution in [0.2, 0.25) is 0 Å². The lowest BCUT2D eigenvalue weighted by Gasteiger charge is -2.34. The second-order valence-corrected chi connectivity index (χ2v) is 5.07. The van der Waals surface area contributed by atoms with E-state index in [4.69, 9.17) is 4.74 Å². The van der Waals surface area contributed by atoms with Gasteiger partial charge in [0.15, 0.2) is 0 Å². The zero-order chi connectivity index (χ0) is 13.7. The van der Waals surface area contributed by atoms with Gasteiger partial charge >= 0.3 is 0 Å². The number of carbonyl (C=O) groups is 1. The van der Waals surface area contributed by atoms with E-state index < -0.39 is 0 Å². The smallest absolute Gasteiger partial charge is 0.220 e. The van der Waals surface area contributed by atoms with Crippen molar-refractivity contribution in [2.45, 2.75) is 38.8 Å². The van der Waals surface area contributed by atoms with Gasteiger partial charge in [0.2, 0.25) is 5.91 Å². The molecule has 0 saturated heterocycles. The molecule has 0 unspecified atom stereocenters. The van der Waals surface area contributed by atoms with Crippen molar-refractivity contribution in [2.24, 2.45) is 5.92 Å². The van der Waals surface area contributed by atoms with Crippen molar-refractivity contribution in [1.29, 1.82) is 0 Å². The summed E-state index contributed by atoms with van der Waals surface area (Å²) in [6.45, 7) is 3.21. The van der Waals surface area contributed by atoms with E-state index in [1.165, 1.54) is 0 Å². The van der Waals surface area contributed by atoms with Gasteiger partial charge in [-0.2, -0.15) is 0 Å². The van der Waals surface area contributed by atoms with Gasteiger partial charge in [0.1, 0.15) is 5.75 Å². The molecule has 1 fully saturated rings. The minimum absolute atomic E-state index is 0.0725. The molecule has 4 heteroatoms. The van der Waals surface area contributed by atoms with Crippen molar-refractivity contribution in [3.05, 3.63) is 29.8 Å². The van der Waals surface area contributed by atoms with Crippen LogP contribution >= 0.6 is 0 Å². The standard InChI is InChI=1S/C15H21NO3/c1-2-19-14-7-12(8-14)9-15(18)16-10-11-4-3-5-13(17)6-11/h3-6,12,14,17H,2,7-10H2,1H3,(H,16,18).